The third-order valence-corrected chi connectivity index (χ3v) is 1.88. The van der Waals surface area contributed by atoms with Gasteiger partial charge >= 0.3 is 0 Å². The van der Waals surface area contributed by atoms with E-state index in [2.05, 4.69) is 36.5 Å². The van der Waals surface area contributed by atoms with E-state index in [1.807, 2.05) is 13.1 Å². The van der Waals surface area contributed by atoms with Crippen LogP contribution in [-0.2, 0) is 6.42 Å². The first-order chi connectivity index (χ1) is 5.33. The summed E-state index contributed by atoms with van der Waals surface area (Å²) in [6.45, 7) is 2.19. The first kappa shape index (κ1) is 11.1. The van der Waals surface area contributed by atoms with Crippen molar-refractivity contribution in [2.45, 2.75) is 19.4 Å². The molecule has 0 radical (unpaired) electrons. The largest absolute Gasteiger partial charge is 0.412 e. The Hall–Kier alpha value is -0.860. The minimum Gasteiger partial charge on any atom is -0.412 e. The van der Waals surface area contributed by atoms with Gasteiger partial charge in [0.2, 0.25) is 0 Å². The standard InChI is InChI=1S/C10H15N.H2O/c1-9(11-2)8-10-6-4-3-5-7-10;/h3-7,9,11H,8H2,1-2H3;1H2/t9-;/m0./s1. The van der Waals surface area contributed by atoms with Gasteiger partial charge in [0.1, 0.15) is 0 Å². The second-order valence-corrected chi connectivity index (χ2v) is 2.88. The molecule has 12 heavy (non-hydrogen) atoms. The number of rotatable bonds is 3. The highest BCUT2D eigenvalue weighted by Gasteiger charge is 1.97. The Morgan fingerprint density at radius 2 is 1.83 bits per heavy atom. The second-order valence-electron chi connectivity index (χ2n) is 2.88. The Morgan fingerprint density at radius 3 is 2.33 bits per heavy atom. The highest BCUT2D eigenvalue weighted by Crippen LogP contribution is 2.01. The van der Waals surface area contributed by atoms with Crippen LogP contribution in [0.1, 0.15) is 12.5 Å². The lowest BCUT2D eigenvalue weighted by molar-refractivity contribution is 0.608. The number of hydrogen-bond donors (Lipinski definition) is 1. The lowest BCUT2D eigenvalue weighted by Crippen LogP contribution is -2.23. The van der Waals surface area contributed by atoms with E-state index in [4.69, 9.17) is 0 Å². The van der Waals surface area contributed by atoms with E-state index in [1.54, 1.807) is 0 Å². The molecule has 0 aromatic heterocycles. The molecule has 1 atom stereocenters. The summed E-state index contributed by atoms with van der Waals surface area (Å²) >= 11 is 0. The fourth-order valence-corrected chi connectivity index (χ4v) is 1.07. The minimum atomic E-state index is 0. The van der Waals surface area contributed by atoms with Gasteiger partial charge in [0.25, 0.3) is 0 Å². The normalized spacial score (nSPS) is 11.8. The second kappa shape index (κ2) is 5.75. The van der Waals surface area contributed by atoms with Crippen molar-refractivity contribution in [2.75, 3.05) is 7.05 Å². The van der Waals surface area contributed by atoms with Gasteiger partial charge in [-0.1, -0.05) is 30.3 Å². The Bertz CT molecular complexity index is 198. The average Bonchev–Trinajstić information content (AvgIpc) is 2.06. The molecule has 0 aliphatic carbocycles. The lowest BCUT2D eigenvalue weighted by Gasteiger charge is -2.08. The molecule has 0 unspecified atom stereocenters. The summed E-state index contributed by atoms with van der Waals surface area (Å²) in [5.74, 6) is 0. The molecule has 2 nitrogen and oxygen atoms in total. The predicted octanol–water partition coefficient (Wildman–Crippen LogP) is 1.01. The SMILES string of the molecule is CN[C@@H](C)Cc1ccccc1.O. The van der Waals surface area contributed by atoms with Gasteiger partial charge in [-0.15, -0.1) is 0 Å². The van der Waals surface area contributed by atoms with E-state index in [9.17, 15) is 0 Å². The molecule has 1 aromatic rings. The van der Waals surface area contributed by atoms with Crippen molar-refractivity contribution in [3.05, 3.63) is 35.9 Å². The van der Waals surface area contributed by atoms with Crippen molar-refractivity contribution in [3.8, 4) is 0 Å². The molecule has 3 N–H and O–H groups in total. The van der Waals surface area contributed by atoms with Crippen LogP contribution in [0.15, 0.2) is 30.3 Å². The summed E-state index contributed by atoms with van der Waals surface area (Å²) in [6.07, 6.45) is 1.11. The van der Waals surface area contributed by atoms with E-state index >= 15 is 0 Å². The molecular weight excluding hydrogens is 150 g/mol. The molecule has 0 heterocycles. The van der Waals surface area contributed by atoms with E-state index in [-0.39, 0.29) is 5.48 Å². The summed E-state index contributed by atoms with van der Waals surface area (Å²) in [7, 11) is 1.99. The number of hydrogen-bond acceptors (Lipinski definition) is 1. The van der Waals surface area contributed by atoms with Crippen molar-refractivity contribution < 1.29 is 5.48 Å². The topological polar surface area (TPSA) is 43.5 Å². The van der Waals surface area contributed by atoms with Gasteiger partial charge in [-0.25, -0.2) is 0 Å². The van der Waals surface area contributed by atoms with Crippen LogP contribution in [-0.4, -0.2) is 18.6 Å². The van der Waals surface area contributed by atoms with Crippen molar-refractivity contribution >= 4 is 0 Å². The molecule has 0 fully saturated rings. The highest BCUT2D eigenvalue weighted by molar-refractivity contribution is 5.15. The maximum Gasteiger partial charge on any atom is 0.00761 e. The molecule has 0 aliphatic rings. The lowest BCUT2D eigenvalue weighted by atomic mass is 10.1. The molecule has 0 amide bonds. The smallest absolute Gasteiger partial charge is 0.00761 e. The molecule has 1 aromatic carbocycles. The maximum absolute atomic E-state index is 3.21. The summed E-state index contributed by atoms with van der Waals surface area (Å²) in [4.78, 5) is 0. The van der Waals surface area contributed by atoms with Crippen LogP contribution in [0, 0.1) is 0 Å². The molecule has 0 saturated carbocycles. The fourth-order valence-electron chi connectivity index (χ4n) is 1.07. The van der Waals surface area contributed by atoms with Crippen LogP contribution in [0.25, 0.3) is 0 Å². The number of benzene rings is 1. The molecule has 0 bridgehead atoms. The van der Waals surface area contributed by atoms with Crippen LogP contribution < -0.4 is 5.32 Å². The van der Waals surface area contributed by atoms with Gasteiger partial charge in [0, 0.05) is 6.04 Å². The Labute approximate surface area is 73.9 Å². The average molecular weight is 167 g/mol. The zero-order valence-corrected chi connectivity index (χ0v) is 7.67. The van der Waals surface area contributed by atoms with Crippen molar-refractivity contribution in [3.63, 3.8) is 0 Å². The Morgan fingerprint density at radius 1 is 1.25 bits per heavy atom. The van der Waals surface area contributed by atoms with Gasteiger partial charge in [-0.2, -0.15) is 0 Å². The molecule has 0 aliphatic heterocycles. The third kappa shape index (κ3) is 3.51. The fraction of sp³-hybridized carbons (Fsp3) is 0.400. The monoisotopic (exact) mass is 167 g/mol. The summed E-state index contributed by atoms with van der Waals surface area (Å²) in [5, 5.41) is 3.21. The number of likely N-dealkylation sites (N-methyl/N-ethyl adjacent to an activating group) is 1. The Balaban J connectivity index is 0.00000121. The zero-order chi connectivity index (χ0) is 8.10. The van der Waals surface area contributed by atoms with Gasteiger partial charge in [-0.3, -0.25) is 0 Å². The number of nitrogens with one attached hydrogen (secondary N) is 1. The quantitative estimate of drug-likeness (QED) is 0.717. The molecule has 0 saturated heterocycles. The van der Waals surface area contributed by atoms with E-state index in [0.717, 1.165) is 6.42 Å². The van der Waals surface area contributed by atoms with Crippen molar-refractivity contribution in [1.82, 2.24) is 5.32 Å². The van der Waals surface area contributed by atoms with Crippen LogP contribution in [0.5, 0.6) is 0 Å². The van der Waals surface area contributed by atoms with Crippen molar-refractivity contribution in [1.29, 1.82) is 0 Å². The van der Waals surface area contributed by atoms with Crippen LogP contribution in [0.4, 0.5) is 0 Å². The summed E-state index contributed by atoms with van der Waals surface area (Å²) in [6, 6.07) is 11.1. The highest BCUT2D eigenvalue weighted by atomic mass is 16.0. The third-order valence-electron chi connectivity index (χ3n) is 1.88. The molecule has 1 rings (SSSR count). The van der Waals surface area contributed by atoms with E-state index in [1.165, 1.54) is 5.56 Å². The summed E-state index contributed by atoms with van der Waals surface area (Å²) < 4.78 is 0. The molecule has 68 valence electrons. The minimum absolute atomic E-state index is 0. The maximum atomic E-state index is 3.21. The van der Waals surface area contributed by atoms with Gasteiger partial charge in [0.15, 0.2) is 0 Å². The summed E-state index contributed by atoms with van der Waals surface area (Å²) in [5.41, 5.74) is 1.40. The van der Waals surface area contributed by atoms with Crippen LogP contribution in [0.3, 0.4) is 0 Å². The predicted molar refractivity (Wildman–Crippen MR) is 52.3 cm³/mol. The van der Waals surface area contributed by atoms with Crippen LogP contribution in [0.2, 0.25) is 0 Å². The van der Waals surface area contributed by atoms with Crippen LogP contribution >= 0.6 is 0 Å². The molecular formula is C10H17NO. The molecule has 0 spiro atoms. The first-order valence-corrected chi connectivity index (χ1v) is 4.04. The van der Waals surface area contributed by atoms with Gasteiger partial charge < -0.3 is 10.8 Å². The van der Waals surface area contributed by atoms with Gasteiger partial charge in [0.05, 0.1) is 0 Å². The molecule has 2 heteroatoms. The van der Waals surface area contributed by atoms with Crippen molar-refractivity contribution in [2.24, 2.45) is 0 Å². The Kier molecular flexibility index (Phi) is 5.34. The first-order valence-electron chi connectivity index (χ1n) is 4.04. The van der Waals surface area contributed by atoms with E-state index in [0.29, 0.717) is 6.04 Å². The van der Waals surface area contributed by atoms with Gasteiger partial charge in [-0.05, 0) is 26.0 Å². The zero-order valence-electron chi connectivity index (χ0n) is 7.67. The van der Waals surface area contributed by atoms with E-state index < -0.39 is 0 Å².